The van der Waals surface area contributed by atoms with Gasteiger partial charge in [-0.05, 0) is 37.1 Å². The van der Waals surface area contributed by atoms with Crippen LogP contribution in [-0.4, -0.2) is 58.6 Å². The third kappa shape index (κ3) is 8.44. The fraction of sp³-hybridized carbons (Fsp3) is 0.324. The van der Waals surface area contributed by atoms with Gasteiger partial charge in [0.05, 0.1) is 27.1 Å². The van der Waals surface area contributed by atoms with Gasteiger partial charge in [0.2, 0.25) is 17.7 Å². The number of hydrogen-bond acceptors (Lipinski definition) is 9. The maximum atomic E-state index is 15.5. The van der Waals surface area contributed by atoms with Gasteiger partial charge in [-0.15, -0.1) is 0 Å². The number of aromatic nitrogens is 3. The number of nitrogens with one attached hydrogen (secondary N) is 5. The van der Waals surface area contributed by atoms with Crippen molar-refractivity contribution in [3.05, 3.63) is 81.8 Å². The number of alkyl halides is 2. The normalized spacial score (nSPS) is 17.2. The Labute approximate surface area is 295 Å². The highest BCUT2D eigenvalue weighted by atomic mass is 35.5. The largest absolute Gasteiger partial charge is 0.417 e. The predicted molar refractivity (Wildman–Crippen MR) is 183 cm³/mol. The highest BCUT2D eigenvalue weighted by Crippen LogP contribution is 2.41. The molecule has 6 rings (SSSR count). The molecule has 0 bridgehead atoms. The van der Waals surface area contributed by atoms with Gasteiger partial charge in [0.1, 0.15) is 0 Å². The molecule has 2 fully saturated rings. The summed E-state index contributed by atoms with van der Waals surface area (Å²) in [6.07, 6.45) is 5.33. The van der Waals surface area contributed by atoms with E-state index < -0.39 is 12.4 Å². The molecule has 0 saturated carbocycles. The van der Waals surface area contributed by atoms with Crippen LogP contribution < -0.4 is 31.3 Å². The zero-order valence-corrected chi connectivity index (χ0v) is 28.1. The molecule has 2 atom stereocenters. The van der Waals surface area contributed by atoms with Crippen LogP contribution in [0.4, 0.5) is 24.7 Å². The summed E-state index contributed by atoms with van der Waals surface area (Å²) in [5.41, 5.74) is 2.48. The Morgan fingerprint density at radius 3 is 2.18 bits per heavy atom. The number of anilines is 2. The monoisotopic (exact) mass is 728 g/mol. The number of pyridine rings is 3. The molecule has 2 amide bonds. The number of amides is 2. The molecule has 2 aliphatic rings. The minimum atomic E-state index is -3.11. The zero-order valence-electron chi connectivity index (χ0n) is 26.5. The Morgan fingerprint density at radius 2 is 1.52 bits per heavy atom. The van der Waals surface area contributed by atoms with E-state index in [1.165, 1.54) is 12.4 Å². The van der Waals surface area contributed by atoms with E-state index in [4.69, 9.17) is 27.9 Å². The molecule has 3 aromatic heterocycles. The number of carbonyl (C=O) groups is 2. The summed E-state index contributed by atoms with van der Waals surface area (Å²) in [6, 6.07) is 11.4. The van der Waals surface area contributed by atoms with Crippen LogP contribution in [0.1, 0.15) is 36.8 Å². The summed E-state index contributed by atoms with van der Waals surface area (Å²) in [4.78, 5) is 35.9. The summed E-state index contributed by atoms with van der Waals surface area (Å²) >= 11 is 13.7. The van der Waals surface area contributed by atoms with Gasteiger partial charge < -0.3 is 31.3 Å². The van der Waals surface area contributed by atoms with E-state index in [0.717, 1.165) is 6.42 Å². The Morgan fingerprint density at radius 1 is 0.840 bits per heavy atom. The number of rotatable bonds is 14. The first-order valence-electron chi connectivity index (χ1n) is 15.9. The van der Waals surface area contributed by atoms with Crippen molar-refractivity contribution in [2.45, 2.75) is 57.5 Å². The average Bonchev–Trinajstić information content (AvgIpc) is 3.71. The molecule has 0 aliphatic carbocycles. The van der Waals surface area contributed by atoms with Crippen LogP contribution in [0.25, 0.3) is 22.5 Å². The minimum Gasteiger partial charge on any atom is -0.417 e. The molecule has 5 heterocycles. The number of hydrogen-bond donors (Lipinski definition) is 5. The molecule has 0 unspecified atom stereocenters. The van der Waals surface area contributed by atoms with Crippen LogP contribution in [0.3, 0.4) is 0 Å². The van der Waals surface area contributed by atoms with E-state index in [9.17, 15) is 18.4 Å². The van der Waals surface area contributed by atoms with E-state index >= 15 is 4.39 Å². The van der Waals surface area contributed by atoms with E-state index in [1.807, 2.05) is 0 Å². The van der Waals surface area contributed by atoms with Crippen LogP contribution in [0.5, 0.6) is 5.88 Å². The lowest BCUT2D eigenvalue weighted by Crippen LogP contribution is -2.35. The Bertz CT molecular complexity index is 1890. The highest BCUT2D eigenvalue weighted by molar-refractivity contribution is 6.39. The van der Waals surface area contributed by atoms with Crippen LogP contribution in [0, 0.1) is 5.82 Å². The van der Waals surface area contributed by atoms with Gasteiger partial charge >= 0.3 is 6.61 Å². The van der Waals surface area contributed by atoms with Gasteiger partial charge in [-0.2, -0.15) is 8.78 Å². The fourth-order valence-corrected chi connectivity index (χ4v) is 6.41. The molecule has 16 heteroatoms. The van der Waals surface area contributed by atoms with Crippen LogP contribution in [0.2, 0.25) is 10.0 Å². The average molecular weight is 730 g/mol. The third-order valence-corrected chi connectivity index (χ3v) is 9.15. The standard InChI is InChI=1S/C34H33Cl2F3N8O3/c35-28-23(2-1-3-25(28)46-32-30(37)18(10-12-43-32)14-40-16-20-5-8-26(48)44-20)31-29(36)22(11-13-42-31)24-7-4-19(33(47-24)50-34(38)39)15-41-17-21-6-9-27(49)45-21/h1-4,7,10-13,20-21,34,40-41H,5-6,8-9,14-17H2,(H,43,46)(H,44,48)(H,45,49)/t20-,21-/m0/s1. The molecule has 2 saturated heterocycles. The molecule has 0 spiro atoms. The maximum absolute atomic E-state index is 15.5. The zero-order chi connectivity index (χ0) is 35.2. The first kappa shape index (κ1) is 35.3. The van der Waals surface area contributed by atoms with E-state index in [1.54, 1.807) is 42.5 Å². The van der Waals surface area contributed by atoms with Crippen LogP contribution in [-0.2, 0) is 22.7 Å². The van der Waals surface area contributed by atoms with E-state index in [-0.39, 0.29) is 70.1 Å². The molecule has 50 heavy (non-hydrogen) atoms. The minimum absolute atomic E-state index is 0.00905. The lowest BCUT2D eigenvalue weighted by Gasteiger charge is -2.16. The van der Waals surface area contributed by atoms with Crippen molar-refractivity contribution in [2.75, 3.05) is 18.4 Å². The molecular weight excluding hydrogens is 696 g/mol. The lowest BCUT2D eigenvalue weighted by atomic mass is 10.1. The number of benzene rings is 1. The van der Waals surface area contributed by atoms with E-state index in [0.29, 0.717) is 60.3 Å². The van der Waals surface area contributed by atoms with Crippen molar-refractivity contribution in [3.63, 3.8) is 0 Å². The van der Waals surface area contributed by atoms with Gasteiger partial charge in [-0.25, -0.2) is 14.4 Å². The number of halogens is 5. The van der Waals surface area contributed by atoms with Crippen molar-refractivity contribution >= 4 is 46.5 Å². The van der Waals surface area contributed by atoms with Gasteiger partial charge in [0.25, 0.3) is 0 Å². The smallest absolute Gasteiger partial charge is 0.388 e. The molecule has 1 aromatic carbocycles. The molecular formula is C34H33Cl2F3N8O3. The maximum Gasteiger partial charge on any atom is 0.388 e. The van der Waals surface area contributed by atoms with E-state index in [2.05, 4.69) is 41.5 Å². The predicted octanol–water partition coefficient (Wildman–Crippen LogP) is 5.73. The summed E-state index contributed by atoms with van der Waals surface area (Å²) in [6.45, 7) is -1.73. The quantitative estimate of drug-likeness (QED) is 0.110. The molecule has 5 N–H and O–H groups in total. The van der Waals surface area contributed by atoms with Crippen LogP contribution >= 0.6 is 23.2 Å². The molecule has 0 radical (unpaired) electrons. The van der Waals surface area contributed by atoms with Crippen molar-refractivity contribution in [1.29, 1.82) is 0 Å². The van der Waals surface area contributed by atoms with Gasteiger partial charge in [0.15, 0.2) is 11.6 Å². The van der Waals surface area contributed by atoms with Gasteiger partial charge in [0, 0.05) is 85.8 Å². The van der Waals surface area contributed by atoms with Gasteiger partial charge in [-0.3, -0.25) is 14.6 Å². The Kier molecular flexibility index (Phi) is 11.3. The third-order valence-electron chi connectivity index (χ3n) is 8.36. The summed E-state index contributed by atoms with van der Waals surface area (Å²) in [5.74, 6) is -0.874. The van der Waals surface area contributed by atoms with Crippen molar-refractivity contribution in [2.24, 2.45) is 0 Å². The second-order valence-corrected chi connectivity index (χ2v) is 12.6. The molecule has 262 valence electrons. The number of nitrogens with zero attached hydrogens (tertiary/aromatic N) is 3. The van der Waals surface area contributed by atoms with Crippen molar-refractivity contribution in [3.8, 4) is 28.4 Å². The van der Waals surface area contributed by atoms with Gasteiger partial charge in [-0.1, -0.05) is 41.4 Å². The summed E-state index contributed by atoms with van der Waals surface area (Å²) in [7, 11) is 0. The topological polar surface area (TPSA) is 142 Å². The summed E-state index contributed by atoms with van der Waals surface area (Å²) in [5, 5.41) is 15.4. The highest BCUT2D eigenvalue weighted by Gasteiger charge is 2.23. The SMILES string of the molecule is O=C1CC[C@@H](CNCc2ccc(-c3ccnc(-c4cccc(Nc5nccc(CNC[C@@H]6CCC(=O)N6)c5F)c4Cl)c3Cl)nc2OC(F)F)N1. The lowest BCUT2D eigenvalue weighted by molar-refractivity contribution is -0.120. The molecule has 11 nitrogen and oxygen atoms in total. The first-order valence-corrected chi connectivity index (χ1v) is 16.7. The van der Waals surface area contributed by atoms with Crippen molar-refractivity contribution in [1.82, 2.24) is 36.2 Å². The Hall–Kier alpha value is -4.50. The number of carbonyl (C=O) groups excluding carboxylic acids is 2. The fourth-order valence-electron chi connectivity index (χ4n) is 5.84. The molecule has 4 aromatic rings. The number of ether oxygens (including phenoxy) is 1. The second-order valence-electron chi connectivity index (χ2n) is 11.9. The summed E-state index contributed by atoms with van der Waals surface area (Å²) < 4.78 is 47.0. The van der Waals surface area contributed by atoms with Crippen molar-refractivity contribution < 1.29 is 27.5 Å². The first-order chi connectivity index (χ1) is 24.2. The Balaban J connectivity index is 1.19. The van der Waals surface area contributed by atoms with Crippen LogP contribution in [0.15, 0.2) is 54.9 Å². The second kappa shape index (κ2) is 16.0. The molecule has 2 aliphatic heterocycles.